The summed E-state index contributed by atoms with van der Waals surface area (Å²) in [5.74, 6) is 1.07. The van der Waals surface area contributed by atoms with E-state index >= 15 is 0 Å². The van der Waals surface area contributed by atoms with Crippen LogP contribution in [0, 0.1) is 5.92 Å². The van der Waals surface area contributed by atoms with Crippen molar-refractivity contribution >= 4 is 23.5 Å². The van der Waals surface area contributed by atoms with Crippen molar-refractivity contribution in [2.45, 2.75) is 31.3 Å². The molecule has 6 nitrogen and oxygen atoms in total. The lowest BCUT2D eigenvalue weighted by molar-refractivity contribution is -0.150. The van der Waals surface area contributed by atoms with E-state index in [1.165, 1.54) is 7.11 Å². The average Bonchev–Trinajstić information content (AvgIpc) is 3.29. The van der Waals surface area contributed by atoms with E-state index in [1.54, 1.807) is 4.90 Å². The van der Waals surface area contributed by atoms with E-state index in [0.717, 1.165) is 43.0 Å². The van der Waals surface area contributed by atoms with E-state index in [4.69, 9.17) is 20.8 Å². The first kappa shape index (κ1) is 20.0. The molecular weight excluding hydrogens is 392 g/mol. The van der Waals surface area contributed by atoms with E-state index in [1.807, 2.05) is 43.4 Å². The SMILES string of the molecule is COC(=O)C1CC(=O)N(C)C12CCN(Cc1ccc(-c3ccc(Cl)cc3)o1)CC2. The highest BCUT2D eigenvalue weighted by Gasteiger charge is 2.55. The zero-order chi connectivity index (χ0) is 20.6. The van der Waals surface area contributed by atoms with Crippen molar-refractivity contribution in [3.63, 3.8) is 0 Å². The minimum absolute atomic E-state index is 0.0208. The molecule has 2 saturated heterocycles. The van der Waals surface area contributed by atoms with E-state index in [9.17, 15) is 9.59 Å². The van der Waals surface area contributed by atoms with Crippen LogP contribution in [0.4, 0.5) is 0 Å². The van der Waals surface area contributed by atoms with Gasteiger partial charge in [-0.15, -0.1) is 0 Å². The summed E-state index contributed by atoms with van der Waals surface area (Å²) in [7, 11) is 3.20. The van der Waals surface area contributed by atoms with Crippen molar-refractivity contribution in [2.24, 2.45) is 5.92 Å². The highest BCUT2D eigenvalue weighted by atomic mass is 35.5. The molecule has 29 heavy (non-hydrogen) atoms. The van der Waals surface area contributed by atoms with Crippen LogP contribution in [0.5, 0.6) is 0 Å². The van der Waals surface area contributed by atoms with Crippen LogP contribution in [0.15, 0.2) is 40.8 Å². The standard InChI is InChI=1S/C22H25ClN2O4/c1-24-20(26)13-18(21(27)28-2)22(24)9-11-25(12-10-22)14-17-7-8-19(29-17)15-3-5-16(23)6-4-15/h3-8,18H,9-14H2,1-2H3. The van der Waals surface area contributed by atoms with Gasteiger partial charge in [-0.1, -0.05) is 11.6 Å². The molecule has 3 heterocycles. The molecule has 1 aromatic heterocycles. The lowest BCUT2D eigenvalue weighted by Gasteiger charge is -2.45. The van der Waals surface area contributed by atoms with Gasteiger partial charge in [0, 0.05) is 37.1 Å². The summed E-state index contributed by atoms with van der Waals surface area (Å²) in [6, 6.07) is 11.5. The van der Waals surface area contributed by atoms with Gasteiger partial charge in [0.05, 0.1) is 25.1 Å². The summed E-state index contributed by atoms with van der Waals surface area (Å²) in [4.78, 5) is 28.6. The van der Waals surface area contributed by atoms with Crippen LogP contribution < -0.4 is 0 Å². The first-order chi connectivity index (χ1) is 13.9. The number of rotatable bonds is 4. The minimum Gasteiger partial charge on any atom is -0.469 e. The number of benzene rings is 1. The third-order valence-electron chi connectivity index (χ3n) is 6.45. The Morgan fingerprint density at radius 1 is 1.21 bits per heavy atom. The normalized spacial score (nSPS) is 21.7. The second kappa shape index (κ2) is 7.84. The van der Waals surface area contributed by atoms with Gasteiger partial charge in [0.2, 0.25) is 5.91 Å². The minimum atomic E-state index is -0.432. The van der Waals surface area contributed by atoms with Crippen molar-refractivity contribution in [1.82, 2.24) is 9.80 Å². The Morgan fingerprint density at radius 3 is 2.55 bits per heavy atom. The van der Waals surface area contributed by atoms with Gasteiger partial charge >= 0.3 is 5.97 Å². The van der Waals surface area contributed by atoms with Gasteiger partial charge in [-0.25, -0.2) is 0 Å². The van der Waals surface area contributed by atoms with E-state index in [2.05, 4.69) is 4.90 Å². The fraction of sp³-hybridized carbons (Fsp3) is 0.455. The quantitative estimate of drug-likeness (QED) is 0.713. The monoisotopic (exact) mass is 416 g/mol. The molecule has 2 aromatic rings. The molecule has 0 N–H and O–H groups in total. The van der Waals surface area contributed by atoms with Crippen molar-refractivity contribution in [3.05, 3.63) is 47.2 Å². The lowest BCUT2D eigenvalue weighted by atomic mass is 9.77. The fourth-order valence-corrected chi connectivity index (χ4v) is 4.79. The maximum Gasteiger partial charge on any atom is 0.311 e. The molecule has 0 radical (unpaired) electrons. The largest absolute Gasteiger partial charge is 0.469 e. The first-order valence-corrected chi connectivity index (χ1v) is 10.2. The van der Waals surface area contributed by atoms with Gasteiger partial charge < -0.3 is 14.1 Å². The molecular formula is C22H25ClN2O4. The van der Waals surface area contributed by atoms with Gasteiger partial charge in [0.15, 0.2) is 0 Å². The van der Waals surface area contributed by atoms with Crippen LogP contribution in [0.3, 0.4) is 0 Å². The average molecular weight is 417 g/mol. The second-order valence-corrected chi connectivity index (χ2v) is 8.32. The Kier molecular flexibility index (Phi) is 5.40. The molecule has 2 fully saturated rings. The summed E-state index contributed by atoms with van der Waals surface area (Å²) in [5, 5.41) is 0.698. The zero-order valence-corrected chi connectivity index (χ0v) is 17.4. The maximum absolute atomic E-state index is 12.3. The number of carbonyl (C=O) groups is 2. The molecule has 1 amide bonds. The van der Waals surface area contributed by atoms with E-state index in [0.29, 0.717) is 11.6 Å². The molecule has 1 unspecified atom stereocenters. The highest BCUT2D eigenvalue weighted by molar-refractivity contribution is 6.30. The van der Waals surface area contributed by atoms with Gasteiger partial charge in [0.1, 0.15) is 11.5 Å². The van der Waals surface area contributed by atoms with Crippen molar-refractivity contribution in [3.8, 4) is 11.3 Å². The number of hydrogen-bond acceptors (Lipinski definition) is 5. The van der Waals surface area contributed by atoms with Crippen molar-refractivity contribution in [1.29, 1.82) is 0 Å². The topological polar surface area (TPSA) is 63.0 Å². The van der Waals surface area contributed by atoms with Crippen LogP contribution >= 0.6 is 11.6 Å². The molecule has 1 aromatic carbocycles. The van der Waals surface area contributed by atoms with E-state index in [-0.39, 0.29) is 24.2 Å². The highest BCUT2D eigenvalue weighted by Crippen LogP contribution is 2.43. The van der Waals surface area contributed by atoms with Gasteiger partial charge in [-0.05, 0) is 49.2 Å². The molecule has 7 heteroatoms. The third kappa shape index (κ3) is 3.67. The Balaban J connectivity index is 1.42. The number of likely N-dealkylation sites (tertiary alicyclic amines) is 2. The molecule has 0 aliphatic carbocycles. The van der Waals surface area contributed by atoms with Crippen molar-refractivity contribution in [2.75, 3.05) is 27.2 Å². The van der Waals surface area contributed by atoms with Crippen LogP contribution in [0.25, 0.3) is 11.3 Å². The Hall–Kier alpha value is -2.31. The summed E-state index contributed by atoms with van der Waals surface area (Å²) in [6.45, 7) is 2.29. The van der Waals surface area contributed by atoms with Crippen LogP contribution in [0.1, 0.15) is 25.0 Å². The lowest BCUT2D eigenvalue weighted by Crippen LogP contribution is -2.56. The summed E-state index contributed by atoms with van der Waals surface area (Å²) in [5.41, 5.74) is 0.559. The zero-order valence-electron chi connectivity index (χ0n) is 16.7. The number of carbonyl (C=O) groups excluding carboxylic acids is 2. The van der Waals surface area contributed by atoms with Crippen molar-refractivity contribution < 1.29 is 18.7 Å². The molecule has 0 saturated carbocycles. The molecule has 1 spiro atoms. The summed E-state index contributed by atoms with van der Waals surface area (Å²) >= 11 is 5.95. The van der Waals surface area contributed by atoms with Gasteiger partial charge in [-0.2, -0.15) is 0 Å². The van der Waals surface area contributed by atoms with Crippen LogP contribution in [0.2, 0.25) is 5.02 Å². The fourth-order valence-electron chi connectivity index (χ4n) is 4.66. The Morgan fingerprint density at radius 2 is 1.90 bits per heavy atom. The number of halogens is 1. The number of ether oxygens (including phenoxy) is 1. The molecule has 2 aliphatic rings. The predicted octanol–water partition coefficient (Wildman–Crippen LogP) is 3.59. The first-order valence-electron chi connectivity index (χ1n) is 9.84. The second-order valence-electron chi connectivity index (χ2n) is 7.89. The van der Waals surface area contributed by atoms with E-state index < -0.39 is 5.54 Å². The van der Waals surface area contributed by atoms with Gasteiger partial charge in [0.25, 0.3) is 0 Å². The van der Waals surface area contributed by atoms with Crippen LogP contribution in [-0.4, -0.2) is 54.5 Å². The molecule has 0 bridgehead atoms. The predicted molar refractivity (Wildman–Crippen MR) is 109 cm³/mol. The Bertz CT molecular complexity index is 900. The summed E-state index contributed by atoms with van der Waals surface area (Å²) < 4.78 is 11.0. The van der Waals surface area contributed by atoms with Crippen LogP contribution in [-0.2, 0) is 20.9 Å². The number of amides is 1. The third-order valence-corrected chi connectivity index (χ3v) is 6.70. The number of nitrogens with zero attached hydrogens (tertiary/aromatic N) is 2. The molecule has 1 atom stereocenters. The van der Waals surface area contributed by atoms with Gasteiger partial charge in [-0.3, -0.25) is 14.5 Å². The molecule has 4 rings (SSSR count). The molecule has 2 aliphatic heterocycles. The number of esters is 1. The Labute approximate surface area is 175 Å². The number of methoxy groups -OCH3 is 1. The number of piperidine rings is 1. The number of furan rings is 1. The summed E-state index contributed by atoms with van der Waals surface area (Å²) in [6.07, 6.45) is 1.74. The smallest absolute Gasteiger partial charge is 0.311 e. The maximum atomic E-state index is 12.3. The molecule has 154 valence electrons. The number of hydrogen-bond donors (Lipinski definition) is 0.